The van der Waals surface area contributed by atoms with Gasteiger partial charge in [0.25, 0.3) is 5.91 Å². The van der Waals surface area contributed by atoms with Crippen LogP contribution in [0.15, 0.2) is 24.3 Å². The molecule has 0 saturated carbocycles. The summed E-state index contributed by atoms with van der Waals surface area (Å²) in [5.41, 5.74) is 1.46. The summed E-state index contributed by atoms with van der Waals surface area (Å²) in [5.74, 6) is 0.355. The first-order valence-corrected chi connectivity index (χ1v) is 7.08. The second-order valence-corrected chi connectivity index (χ2v) is 6.00. The second-order valence-electron chi connectivity index (χ2n) is 6.00. The molecular weight excluding hydrogens is 252 g/mol. The van der Waals surface area contributed by atoms with E-state index in [0.29, 0.717) is 12.5 Å². The minimum Gasteiger partial charge on any atom is -0.324 e. The zero-order chi connectivity index (χ0) is 14.9. The summed E-state index contributed by atoms with van der Waals surface area (Å²) in [5, 5.41) is 2.69. The Labute approximate surface area is 120 Å². The minimum absolute atomic E-state index is 0.173. The number of hydrogen-bond acceptors (Lipinski definition) is 2. The van der Waals surface area contributed by atoms with Crippen molar-refractivity contribution in [1.29, 1.82) is 0 Å². The van der Waals surface area contributed by atoms with Gasteiger partial charge in [-0.15, -0.1) is 0 Å². The maximum atomic E-state index is 12.1. The van der Waals surface area contributed by atoms with E-state index >= 15 is 0 Å². The Kier molecular flexibility index (Phi) is 3.84. The number of nitrogens with one attached hydrogen (secondary N) is 1. The number of nitrogens with zero attached hydrogens (tertiary/aromatic N) is 1. The lowest BCUT2D eigenvalue weighted by Gasteiger charge is -2.16. The van der Waals surface area contributed by atoms with Gasteiger partial charge in [0.05, 0.1) is 6.54 Å². The van der Waals surface area contributed by atoms with Gasteiger partial charge in [0, 0.05) is 0 Å². The monoisotopic (exact) mass is 274 g/mol. The minimum atomic E-state index is -0.798. The molecule has 0 radical (unpaired) electrons. The Bertz CT molecular complexity index is 520. The number of carbonyl (C=O) groups is 2. The van der Waals surface area contributed by atoms with Crippen molar-refractivity contribution < 1.29 is 9.59 Å². The van der Waals surface area contributed by atoms with Crippen LogP contribution in [0.4, 0.5) is 4.79 Å². The molecule has 2 rings (SSSR count). The Morgan fingerprint density at radius 3 is 2.25 bits per heavy atom. The maximum absolute atomic E-state index is 12.1. The molecule has 0 bridgehead atoms. The zero-order valence-electron chi connectivity index (χ0n) is 12.6. The number of amides is 3. The van der Waals surface area contributed by atoms with E-state index in [9.17, 15) is 9.59 Å². The van der Waals surface area contributed by atoms with E-state index in [2.05, 4.69) is 31.3 Å². The number of hydrogen-bond donors (Lipinski definition) is 1. The quantitative estimate of drug-likeness (QED) is 0.858. The maximum Gasteiger partial charge on any atom is 0.325 e. The fourth-order valence-electron chi connectivity index (χ4n) is 2.33. The summed E-state index contributed by atoms with van der Waals surface area (Å²) >= 11 is 0. The van der Waals surface area contributed by atoms with Crippen LogP contribution in [0.1, 0.15) is 51.2 Å². The van der Waals surface area contributed by atoms with Gasteiger partial charge in [-0.3, -0.25) is 9.69 Å². The van der Waals surface area contributed by atoms with Gasteiger partial charge in [0.15, 0.2) is 0 Å². The van der Waals surface area contributed by atoms with Crippen molar-refractivity contribution in [3.63, 3.8) is 0 Å². The standard InChI is InChI=1S/C16H22N2O2/c1-5-11(2)13-8-6-12(7-9-13)10-18-14(19)16(3,4)17-15(18)20/h6-9,11H,5,10H2,1-4H3,(H,17,20). The van der Waals surface area contributed by atoms with E-state index in [1.54, 1.807) is 13.8 Å². The van der Waals surface area contributed by atoms with Crippen molar-refractivity contribution in [3.8, 4) is 0 Å². The van der Waals surface area contributed by atoms with Gasteiger partial charge in [-0.2, -0.15) is 0 Å². The van der Waals surface area contributed by atoms with Gasteiger partial charge in [-0.25, -0.2) is 4.79 Å². The molecule has 1 saturated heterocycles. The van der Waals surface area contributed by atoms with Crippen LogP contribution in [0, 0.1) is 0 Å². The largest absolute Gasteiger partial charge is 0.325 e. The number of rotatable bonds is 4. The first kappa shape index (κ1) is 14.6. The molecule has 108 valence electrons. The van der Waals surface area contributed by atoms with Crippen molar-refractivity contribution in [1.82, 2.24) is 10.2 Å². The first-order valence-electron chi connectivity index (χ1n) is 7.08. The lowest BCUT2D eigenvalue weighted by Crippen LogP contribution is -2.40. The highest BCUT2D eigenvalue weighted by Gasteiger charge is 2.43. The normalized spacial score (nSPS) is 19.1. The van der Waals surface area contributed by atoms with Crippen LogP contribution >= 0.6 is 0 Å². The summed E-state index contributed by atoms with van der Waals surface area (Å²) in [6.07, 6.45) is 1.10. The van der Waals surface area contributed by atoms with Gasteiger partial charge < -0.3 is 5.32 Å². The van der Waals surface area contributed by atoms with Crippen LogP contribution in [-0.2, 0) is 11.3 Å². The molecule has 4 nitrogen and oxygen atoms in total. The van der Waals surface area contributed by atoms with Crippen molar-refractivity contribution in [3.05, 3.63) is 35.4 Å². The number of carbonyl (C=O) groups excluding carboxylic acids is 2. The number of benzene rings is 1. The van der Waals surface area contributed by atoms with Gasteiger partial charge in [-0.05, 0) is 37.3 Å². The molecule has 0 aromatic heterocycles. The molecular formula is C16H22N2O2. The molecule has 1 aromatic carbocycles. The van der Waals surface area contributed by atoms with Gasteiger partial charge in [-0.1, -0.05) is 38.1 Å². The molecule has 1 heterocycles. The Balaban J connectivity index is 2.11. The summed E-state index contributed by atoms with van der Waals surface area (Å²) in [6, 6.07) is 7.83. The van der Waals surface area contributed by atoms with Crippen LogP contribution in [0.25, 0.3) is 0 Å². The average Bonchev–Trinajstić information content (AvgIpc) is 2.61. The van der Waals surface area contributed by atoms with Crippen LogP contribution in [0.3, 0.4) is 0 Å². The smallest absolute Gasteiger partial charge is 0.324 e. The van der Waals surface area contributed by atoms with Crippen molar-refractivity contribution in [2.45, 2.75) is 52.1 Å². The van der Waals surface area contributed by atoms with E-state index in [4.69, 9.17) is 0 Å². The highest BCUT2D eigenvalue weighted by molar-refractivity contribution is 6.06. The third-order valence-corrected chi connectivity index (χ3v) is 3.95. The van der Waals surface area contributed by atoms with Crippen molar-refractivity contribution in [2.24, 2.45) is 0 Å². The molecule has 1 aliphatic rings. The van der Waals surface area contributed by atoms with E-state index in [-0.39, 0.29) is 11.9 Å². The first-order chi connectivity index (χ1) is 9.35. The molecule has 1 atom stereocenters. The van der Waals surface area contributed by atoms with Crippen LogP contribution in [-0.4, -0.2) is 22.4 Å². The van der Waals surface area contributed by atoms with Gasteiger partial charge >= 0.3 is 6.03 Å². The van der Waals surface area contributed by atoms with Crippen LogP contribution in [0.5, 0.6) is 0 Å². The molecule has 4 heteroatoms. The van der Waals surface area contributed by atoms with Crippen molar-refractivity contribution in [2.75, 3.05) is 0 Å². The highest BCUT2D eigenvalue weighted by Crippen LogP contribution is 2.22. The summed E-state index contributed by atoms with van der Waals surface area (Å²) < 4.78 is 0. The molecule has 1 aliphatic heterocycles. The predicted molar refractivity (Wildman–Crippen MR) is 78.3 cm³/mol. The SMILES string of the molecule is CCC(C)c1ccc(CN2C(=O)NC(C)(C)C2=O)cc1. The van der Waals surface area contributed by atoms with Crippen LogP contribution in [0.2, 0.25) is 0 Å². The van der Waals surface area contributed by atoms with Crippen LogP contribution < -0.4 is 5.32 Å². The molecule has 1 fully saturated rings. The van der Waals surface area contributed by atoms with Gasteiger partial charge in [0.2, 0.25) is 0 Å². The molecule has 20 heavy (non-hydrogen) atoms. The third-order valence-electron chi connectivity index (χ3n) is 3.95. The van der Waals surface area contributed by atoms with Gasteiger partial charge in [0.1, 0.15) is 5.54 Å². The molecule has 1 N–H and O–H groups in total. The zero-order valence-corrected chi connectivity index (χ0v) is 12.6. The van der Waals surface area contributed by atoms with E-state index in [1.807, 2.05) is 12.1 Å². The lowest BCUT2D eigenvalue weighted by molar-refractivity contribution is -0.130. The number of urea groups is 1. The van der Waals surface area contributed by atoms with Crippen molar-refractivity contribution >= 4 is 11.9 Å². The topological polar surface area (TPSA) is 49.4 Å². The Morgan fingerprint density at radius 2 is 1.80 bits per heavy atom. The fourth-order valence-corrected chi connectivity index (χ4v) is 2.33. The Morgan fingerprint density at radius 1 is 1.20 bits per heavy atom. The fraction of sp³-hybridized carbons (Fsp3) is 0.500. The lowest BCUT2D eigenvalue weighted by atomic mass is 9.97. The average molecular weight is 274 g/mol. The summed E-state index contributed by atoms with van der Waals surface area (Å²) in [7, 11) is 0. The predicted octanol–water partition coefficient (Wildman–Crippen LogP) is 3.03. The summed E-state index contributed by atoms with van der Waals surface area (Å²) in [4.78, 5) is 25.2. The number of imide groups is 1. The molecule has 1 aromatic rings. The Hall–Kier alpha value is -1.84. The third kappa shape index (κ3) is 2.69. The summed E-state index contributed by atoms with van der Waals surface area (Å²) in [6.45, 7) is 8.12. The van der Waals surface area contributed by atoms with E-state index in [1.165, 1.54) is 10.5 Å². The highest BCUT2D eigenvalue weighted by atomic mass is 16.2. The van der Waals surface area contributed by atoms with E-state index < -0.39 is 5.54 Å². The van der Waals surface area contributed by atoms with E-state index in [0.717, 1.165) is 12.0 Å². The molecule has 1 unspecified atom stereocenters. The molecule has 0 spiro atoms. The molecule has 3 amide bonds. The molecule has 0 aliphatic carbocycles. The second kappa shape index (κ2) is 5.27.